The Morgan fingerprint density at radius 1 is 1.11 bits per heavy atom. The molecular formula is C15H26N4. The Kier molecular flexibility index (Phi) is 5.00. The summed E-state index contributed by atoms with van der Waals surface area (Å²) in [7, 11) is 0. The molecule has 0 unspecified atom stereocenters. The van der Waals surface area contributed by atoms with Gasteiger partial charge in [0.2, 0.25) is 0 Å². The van der Waals surface area contributed by atoms with Crippen LogP contribution < -0.4 is 10.6 Å². The molecule has 0 amide bonds. The van der Waals surface area contributed by atoms with Gasteiger partial charge in [0.05, 0.1) is 0 Å². The molecule has 0 saturated heterocycles. The molecule has 1 saturated carbocycles. The maximum absolute atomic E-state index is 4.44. The quantitative estimate of drug-likeness (QED) is 0.853. The summed E-state index contributed by atoms with van der Waals surface area (Å²) in [4.78, 5) is 8.79. The standard InChI is InChI=1S/C15H26N4/c1-4-13-14(16-5-2)17-10-18-15(13)19-12-8-6-11(3)7-9-12/h10-12H,4-9H2,1-3H3,(H2,16,17,18,19). The second-order valence-corrected chi connectivity index (χ2v) is 5.53. The molecule has 4 nitrogen and oxygen atoms in total. The van der Waals surface area contributed by atoms with Crippen molar-refractivity contribution in [2.75, 3.05) is 17.2 Å². The van der Waals surface area contributed by atoms with Crippen LogP contribution in [0.4, 0.5) is 11.6 Å². The van der Waals surface area contributed by atoms with Gasteiger partial charge in [-0.3, -0.25) is 0 Å². The number of hydrogen-bond donors (Lipinski definition) is 2. The average Bonchev–Trinajstić information content (AvgIpc) is 2.42. The maximum atomic E-state index is 4.44. The minimum Gasteiger partial charge on any atom is -0.370 e. The molecule has 0 spiro atoms. The molecule has 0 bridgehead atoms. The van der Waals surface area contributed by atoms with Gasteiger partial charge in [0.15, 0.2) is 0 Å². The zero-order chi connectivity index (χ0) is 13.7. The van der Waals surface area contributed by atoms with Crippen LogP contribution in [0.5, 0.6) is 0 Å². The van der Waals surface area contributed by atoms with Crippen LogP contribution in [0.25, 0.3) is 0 Å². The minimum absolute atomic E-state index is 0.575. The highest BCUT2D eigenvalue weighted by atomic mass is 15.1. The molecule has 2 N–H and O–H groups in total. The lowest BCUT2D eigenvalue weighted by Crippen LogP contribution is -2.26. The van der Waals surface area contributed by atoms with Gasteiger partial charge in [0, 0.05) is 18.2 Å². The predicted octanol–water partition coefficient (Wildman–Crippen LogP) is 3.46. The van der Waals surface area contributed by atoms with Crippen molar-refractivity contribution < 1.29 is 0 Å². The van der Waals surface area contributed by atoms with E-state index in [0.29, 0.717) is 6.04 Å². The molecule has 1 heterocycles. The normalized spacial score (nSPS) is 23.1. The first-order valence-corrected chi connectivity index (χ1v) is 7.58. The highest BCUT2D eigenvalue weighted by molar-refractivity contribution is 5.57. The van der Waals surface area contributed by atoms with E-state index in [1.54, 1.807) is 6.33 Å². The van der Waals surface area contributed by atoms with Crippen molar-refractivity contribution in [3.05, 3.63) is 11.9 Å². The van der Waals surface area contributed by atoms with Gasteiger partial charge < -0.3 is 10.6 Å². The Morgan fingerprint density at radius 3 is 2.42 bits per heavy atom. The molecule has 1 aromatic rings. The second-order valence-electron chi connectivity index (χ2n) is 5.53. The first-order valence-electron chi connectivity index (χ1n) is 7.58. The van der Waals surface area contributed by atoms with Crippen LogP contribution in [-0.2, 0) is 6.42 Å². The van der Waals surface area contributed by atoms with E-state index in [-0.39, 0.29) is 0 Å². The Labute approximate surface area is 116 Å². The van der Waals surface area contributed by atoms with Crippen LogP contribution in [0, 0.1) is 5.92 Å². The number of anilines is 2. The molecule has 0 aromatic carbocycles. The molecule has 0 atom stereocenters. The van der Waals surface area contributed by atoms with Crippen molar-refractivity contribution in [3.8, 4) is 0 Å². The van der Waals surface area contributed by atoms with Crippen molar-refractivity contribution in [1.29, 1.82) is 0 Å². The van der Waals surface area contributed by atoms with Gasteiger partial charge in [0.1, 0.15) is 18.0 Å². The lowest BCUT2D eigenvalue weighted by molar-refractivity contribution is 0.360. The van der Waals surface area contributed by atoms with Crippen molar-refractivity contribution in [3.63, 3.8) is 0 Å². The summed E-state index contributed by atoms with van der Waals surface area (Å²) in [5.41, 5.74) is 1.21. The van der Waals surface area contributed by atoms with Crippen LogP contribution in [-0.4, -0.2) is 22.6 Å². The molecular weight excluding hydrogens is 236 g/mol. The number of rotatable bonds is 5. The highest BCUT2D eigenvalue weighted by Gasteiger charge is 2.19. The highest BCUT2D eigenvalue weighted by Crippen LogP contribution is 2.28. The van der Waals surface area contributed by atoms with Gasteiger partial charge in [-0.25, -0.2) is 9.97 Å². The molecule has 1 aliphatic rings. The SMILES string of the molecule is CCNc1ncnc(NC2CCC(C)CC2)c1CC. The zero-order valence-corrected chi connectivity index (χ0v) is 12.4. The predicted molar refractivity (Wildman–Crippen MR) is 80.6 cm³/mol. The lowest BCUT2D eigenvalue weighted by Gasteiger charge is -2.28. The summed E-state index contributed by atoms with van der Waals surface area (Å²) in [6.07, 6.45) is 7.77. The van der Waals surface area contributed by atoms with Crippen LogP contribution in [0.15, 0.2) is 6.33 Å². The minimum atomic E-state index is 0.575. The van der Waals surface area contributed by atoms with Crippen LogP contribution >= 0.6 is 0 Å². The molecule has 19 heavy (non-hydrogen) atoms. The monoisotopic (exact) mass is 262 g/mol. The average molecular weight is 262 g/mol. The summed E-state index contributed by atoms with van der Waals surface area (Å²) in [5.74, 6) is 2.88. The van der Waals surface area contributed by atoms with Crippen LogP contribution in [0.3, 0.4) is 0 Å². The van der Waals surface area contributed by atoms with E-state index in [2.05, 4.69) is 41.4 Å². The topological polar surface area (TPSA) is 49.8 Å². The number of aromatic nitrogens is 2. The fourth-order valence-corrected chi connectivity index (χ4v) is 2.79. The summed E-state index contributed by atoms with van der Waals surface area (Å²) >= 11 is 0. The van der Waals surface area contributed by atoms with Crippen LogP contribution in [0.2, 0.25) is 0 Å². The second kappa shape index (κ2) is 6.73. The molecule has 4 heteroatoms. The van der Waals surface area contributed by atoms with E-state index in [1.807, 2.05) is 0 Å². The Balaban J connectivity index is 2.08. The number of nitrogens with zero attached hydrogens (tertiary/aromatic N) is 2. The van der Waals surface area contributed by atoms with Gasteiger partial charge in [-0.05, 0) is 44.9 Å². The molecule has 0 radical (unpaired) electrons. The van der Waals surface area contributed by atoms with Crippen molar-refractivity contribution in [1.82, 2.24) is 9.97 Å². The van der Waals surface area contributed by atoms with Gasteiger partial charge in [-0.15, -0.1) is 0 Å². The van der Waals surface area contributed by atoms with E-state index < -0.39 is 0 Å². The summed E-state index contributed by atoms with van der Waals surface area (Å²) in [5, 5.41) is 6.95. The van der Waals surface area contributed by atoms with Crippen molar-refractivity contribution >= 4 is 11.6 Å². The zero-order valence-electron chi connectivity index (χ0n) is 12.4. The van der Waals surface area contributed by atoms with Crippen molar-refractivity contribution in [2.45, 2.75) is 58.9 Å². The summed E-state index contributed by atoms with van der Waals surface area (Å²) in [6.45, 7) is 7.50. The fourth-order valence-electron chi connectivity index (χ4n) is 2.79. The molecule has 106 valence electrons. The first-order chi connectivity index (χ1) is 9.24. The molecule has 1 aliphatic carbocycles. The van der Waals surface area contributed by atoms with Crippen LogP contribution in [0.1, 0.15) is 52.0 Å². The smallest absolute Gasteiger partial charge is 0.134 e. The Morgan fingerprint density at radius 2 is 1.79 bits per heavy atom. The third kappa shape index (κ3) is 3.58. The maximum Gasteiger partial charge on any atom is 0.134 e. The van der Waals surface area contributed by atoms with E-state index in [0.717, 1.165) is 30.5 Å². The third-order valence-corrected chi connectivity index (χ3v) is 4.00. The lowest BCUT2D eigenvalue weighted by atomic mass is 9.87. The third-order valence-electron chi connectivity index (χ3n) is 4.00. The number of hydrogen-bond acceptors (Lipinski definition) is 4. The molecule has 1 aromatic heterocycles. The fraction of sp³-hybridized carbons (Fsp3) is 0.733. The Bertz CT molecular complexity index is 397. The summed E-state index contributed by atoms with van der Waals surface area (Å²) < 4.78 is 0. The Hall–Kier alpha value is -1.32. The van der Waals surface area contributed by atoms with E-state index in [1.165, 1.54) is 31.2 Å². The summed E-state index contributed by atoms with van der Waals surface area (Å²) in [6, 6.07) is 0.575. The van der Waals surface area contributed by atoms with E-state index in [4.69, 9.17) is 0 Å². The largest absolute Gasteiger partial charge is 0.370 e. The molecule has 1 fully saturated rings. The number of nitrogens with one attached hydrogen (secondary N) is 2. The van der Waals surface area contributed by atoms with Gasteiger partial charge in [0.25, 0.3) is 0 Å². The van der Waals surface area contributed by atoms with Crippen molar-refractivity contribution in [2.24, 2.45) is 5.92 Å². The molecule has 0 aliphatic heterocycles. The molecule has 2 rings (SSSR count). The first kappa shape index (κ1) is 14.1. The van der Waals surface area contributed by atoms with Gasteiger partial charge in [-0.1, -0.05) is 13.8 Å². The van der Waals surface area contributed by atoms with E-state index in [9.17, 15) is 0 Å². The van der Waals surface area contributed by atoms with Gasteiger partial charge in [-0.2, -0.15) is 0 Å². The van der Waals surface area contributed by atoms with Gasteiger partial charge >= 0.3 is 0 Å². The van der Waals surface area contributed by atoms with E-state index >= 15 is 0 Å².